The number of hydrogen-bond donors (Lipinski definition) is 2. The standard InChI is InChI=1S/C11H18N4O2/c1-17-9-8-15(7-4-11(12)14-16)10-2-5-13-6-3-10/h2-3,5-6,16H,4,7-9H2,1H3,(H2,12,14). The molecule has 1 heterocycles. The van der Waals surface area contributed by atoms with E-state index in [4.69, 9.17) is 15.7 Å². The molecule has 0 amide bonds. The van der Waals surface area contributed by atoms with Gasteiger partial charge in [0.15, 0.2) is 0 Å². The van der Waals surface area contributed by atoms with Crippen LogP contribution in [0.5, 0.6) is 0 Å². The van der Waals surface area contributed by atoms with Crippen molar-refractivity contribution >= 4 is 11.5 Å². The van der Waals surface area contributed by atoms with E-state index >= 15 is 0 Å². The van der Waals surface area contributed by atoms with Crippen LogP contribution in [0.15, 0.2) is 29.7 Å². The molecule has 0 spiro atoms. The molecule has 0 bridgehead atoms. The summed E-state index contributed by atoms with van der Waals surface area (Å²) in [6.07, 6.45) is 3.97. The van der Waals surface area contributed by atoms with Gasteiger partial charge in [0.1, 0.15) is 5.84 Å². The van der Waals surface area contributed by atoms with E-state index in [0.29, 0.717) is 19.6 Å². The lowest BCUT2D eigenvalue weighted by molar-refractivity contribution is 0.205. The van der Waals surface area contributed by atoms with Crippen LogP contribution in [0, 0.1) is 0 Å². The second-order valence-corrected chi connectivity index (χ2v) is 3.53. The van der Waals surface area contributed by atoms with Crippen molar-refractivity contribution in [2.24, 2.45) is 10.9 Å². The molecule has 0 saturated heterocycles. The molecule has 17 heavy (non-hydrogen) atoms. The van der Waals surface area contributed by atoms with Crippen molar-refractivity contribution in [2.45, 2.75) is 6.42 Å². The normalized spacial score (nSPS) is 11.5. The molecule has 0 radical (unpaired) electrons. The number of methoxy groups -OCH3 is 1. The summed E-state index contributed by atoms with van der Waals surface area (Å²) >= 11 is 0. The number of nitrogens with zero attached hydrogens (tertiary/aromatic N) is 3. The molecule has 1 aromatic rings. The molecule has 94 valence electrons. The molecule has 3 N–H and O–H groups in total. The largest absolute Gasteiger partial charge is 0.409 e. The first kappa shape index (κ1) is 13.2. The molecule has 0 aromatic carbocycles. The Kier molecular flexibility index (Phi) is 5.81. The van der Waals surface area contributed by atoms with E-state index in [-0.39, 0.29) is 5.84 Å². The lowest BCUT2D eigenvalue weighted by Gasteiger charge is -2.24. The summed E-state index contributed by atoms with van der Waals surface area (Å²) in [6.45, 7) is 2.04. The maximum absolute atomic E-state index is 8.50. The summed E-state index contributed by atoms with van der Waals surface area (Å²) < 4.78 is 5.06. The summed E-state index contributed by atoms with van der Waals surface area (Å²) in [5.41, 5.74) is 6.50. The Hall–Kier alpha value is -1.82. The van der Waals surface area contributed by atoms with Crippen LogP contribution in [0.4, 0.5) is 5.69 Å². The monoisotopic (exact) mass is 238 g/mol. The molecule has 0 aliphatic rings. The molecule has 0 atom stereocenters. The van der Waals surface area contributed by atoms with E-state index in [1.54, 1.807) is 19.5 Å². The highest BCUT2D eigenvalue weighted by atomic mass is 16.5. The Labute approximate surface area is 101 Å². The van der Waals surface area contributed by atoms with Crippen molar-refractivity contribution < 1.29 is 9.94 Å². The van der Waals surface area contributed by atoms with Crippen LogP contribution in [-0.2, 0) is 4.74 Å². The molecule has 0 saturated carbocycles. The van der Waals surface area contributed by atoms with Crippen molar-refractivity contribution in [1.82, 2.24) is 4.98 Å². The van der Waals surface area contributed by atoms with E-state index in [9.17, 15) is 0 Å². The fraction of sp³-hybridized carbons (Fsp3) is 0.455. The minimum absolute atomic E-state index is 0.224. The number of hydrogen-bond acceptors (Lipinski definition) is 5. The van der Waals surface area contributed by atoms with Gasteiger partial charge in [-0.2, -0.15) is 0 Å². The van der Waals surface area contributed by atoms with Gasteiger partial charge in [0, 0.05) is 44.7 Å². The molecular weight excluding hydrogens is 220 g/mol. The lowest BCUT2D eigenvalue weighted by Crippen LogP contribution is -2.31. The van der Waals surface area contributed by atoms with Crippen LogP contribution >= 0.6 is 0 Å². The Bertz CT molecular complexity index is 343. The van der Waals surface area contributed by atoms with Gasteiger partial charge in [0.2, 0.25) is 0 Å². The maximum atomic E-state index is 8.50. The van der Waals surface area contributed by atoms with Gasteiger partial charge in [-0.1, -0.05) is 5.16 Å². The topological polar surface area (TPSA) is 84.0 Å². The zero-order valence-corrected chi connectivity index (χ0v) is 9.91. The predicted octanol–water partition coefficient (Wildman–Crippen LogP) is 0.671. The third-order valence-corrected chi connectivity index (χ3v) is 2.36. The van der Waals surface area contributed by atoms with Crippen LogP contribution in [0.1, 0.15) is 6.42 Å². The molecular formula is C11H18N4O2. The SMILES string of the molecule is COCCN(CCC(N)=NO)c1ccncc1. The van der Waals surface area contributed by atoms with Crippen molar-refractivity contribution in [3.63, 3.8) is 0 Å². The van der Waals surface area contributed by atoms with E-state index in [1.165, 1.54) is 0 Å². The average Bonchev–Trinajstić information content (AvgIpc) is 2.39. The number of anilines is 1. The first-order valence-corrected chi connectivity index (χ1v) is 5.38. The third kappa shape index (κ3) is 4.69. The molecule has 1 aromatic heterocycles. The summed E-state index contributed by atoms with van der Waals surface area (Å²) in [4.78, 5) is 6.07. The van der Waals surface area contributed by atoms with Gasteiger partial charge in [-0.05, 0) is 12.1 Å². The number of aromatic nitrogens is 1. The Morgan fingerprint density at radius 3 is 2.76 bits per heavy atom. The van der Waals surface area contributed by atoms with Crippen LogP contribution in [-0.4, -0.2) is 42.8 Å². The van der Waals surface area contributed by atoms with Crippen LogP contribution < -0.4 is 10.6 Å². The summed E-state index contributed by atoms with van der Waals surface area (Å²) in [5, 5.41) is 11.5. The highest BCUT2D eigenvalue weighted by Gasteiger charge is 2.06. The first-order chi connectivity index (χ1) is 8.27. The molecule has 0 fully saturated rings. The van der Waals surface area contributed by atoms with Crippen molar-refractivity contribution in [3.8, 4) is 0 Å². The molecule has 6 nitrogen and oxygen atoms in total. The van der Waals surface area contributed by atoms with Gasteiger partial charge in [-0.3, -0.25) is 4.98 Å². The van der Waals surface area contributed by atoms with E-state index < -0.39 is 0 Å². The fourth-order valence-corrected chi connectivity index (χ4v) is 1.43. The Morgan fingerprint density at radius 1 is 1.47 bits per heavy atom. The maximum Gasteiger partial charge on any atom is 0.140 e. The van der Waals surface area contributed by atoms with Crippen molar-refractivity contribution in [2.75, 3.05) is 31.7 Å². The minimum atomic E-state index is 0.224. The molecule has 1 rings (SSSR count). The van der Waals surface area contributed by atoms with Crippen LogP contribution in [0.2, 0.25) is 0 Å². The summed E-state index contributed by atoms with van der Waals surface area (Å²) in [5.74, 6) is 0.224. The smallest absolute Gasteiger partial charge is 0.140 e. The van der Waals surface area contributed by atoms with E-state index in [2.05, 4.69) is 15.0 Å². The van der Waals surface area contributed by atoms with E-state index in [0.717, 1.165) is 12.2 Å². The van der Waals surface area contributed by atoms with E-state index in [1.807, 2.05) is 12.1 Å². The number of amidine groups is 1. The fourth-order valence-electron chi connectivity index (χ4n) is 1.43. The Balaban J connectivity index is 2.61. The lowest BCUT2D eigenvalue weighted by atomic mass is 10.3. The molecule has 0 unspecified atom stereocenters. The van der Waals surface area contributed by atoms with Gasteiger partial charge < -0.3 is 20.6 Å². The van der Waals surface area contributed by atoms with Crippen LogP contribution in [0.25, 0.3) is 0 Å². The number of rotatable bonds is 7. The van der Waals surface area contributed by atoms with Gasteiger partial charge in [0.05, 0.1) is 6.61 Å². The first-order valence-electron chi connectivity index (χ1n) is 5.38. The van der Waals surface area contributed by atoms with Crippen molar-refractivity contribution in [1.29, 1.82) is 0 Å². The van der Waals surface area contributed by atoms with Gasteiger partial charge >= 0.3 is 0 Å². The summed E-state index contributed by atoms with van der Waals surface area (Å²) in [6, 6.07) is 3.84. The zero-order chi connectivity index (χ0) is 12.5. The second-order valence-electron chi connectivity index (χ2n) is 3.53. The highest BCUT2D eigenvalue weighted by molar-refractivity contribution is 5.80. The summed E-state index contributed by atoms with van der Waals surface area (Å²) in [7, 11) is 1.66. The number of oxime groups is 1. The quantitative estimate of drug-likeness (QED) is 0.316. The molecule has 6 heteroatoms. The highest BCUT2D eigenvalue weighted by Crippen LogP contribution is 2.12. The third-order valence-electron chi connectivity index (χ3n) is 2.36. The molecule has 0 aliphatic carbocycles. The van der Waals surface area contributed by atoms with Crippen LogP contribution in [0.3, 0.4) is 0 Å². The predicted molar refractivity (Wildman–Crippen MR) is 66.4 cm³/mol. The minimum Gasteiger partial charge on any atom is -0.409 e. The van der Waals surface area contributed by atoms with Gasteiger partial charge in [0.25, 0.3) is 0 Å². The number of ether oxygens (including phenoxy) is 1. The molecule has 0 aliphatic heterocycles. The van der Waals surface area contributed by atoms with Gasteiger partial charge in [-0.25, -0.2) is 0 Å². The second kappa shape index (κ2) is 7.45. The Morgan fingerprint density at radius 2 is 2.18 bits per heavy atom. The van der Waals surface area contributed by atoms with Gasteiger partial charge in [-0.15, -0.1) is 0 Å². The number of pyridine rings is 1. The average molecular weight is 238 g/mol. The number of nitrogens with two attached hydrogens (primary N) is 1. The van der Waals surface area contributed by atoms with Crippen molar-refractivity contribution in [3.05, 3.63) is 24.5 Å². The zero-order valence-electron chi connectivity index (χ0n) is 9.91.